The Morgan fingerprint density at radius 1 is 1.03 bits per heavy atom. The molecule has 0 saturated heterocycles. The molecule has 0 spiro atoms. The second-order valence-electron chi connectivity index (χ2n) is 7.27. The number of carbonyl (C=O) groups excluding carboxylic acids is 1. The number of aryl methyl sites for hydroxylation is 1. The van der Waals surface area contributed by atoms with Crippen LogP contribution in [0.15, 0.2) is 66.7 Å². The first-order chi connectivity index (χ1) is 14.5. The zero-order valence-electron chi connectivity index (χ0n) is 16.3. The SMILES string of the molecule is Cc1ccc(F)c(C(NC(=O)OCC2c3ccccc3-c3ccccc32)C(=O)O)c1. The molecule has 0 aromatic heterocycles. The van der Waals surface area contributed by atoms with Gasteiger partial charge < -0.3 is 15.2 Å². The molecule has 5 nitrogen and oxygen atoms in total. The van der Waals surface area contributed by atoms with Crippen molar-refractivity contribution in [2.24, 2.45) is 0 Å². The number of rotatable bonds is 5. The smallest absolute Gasteiger partial charge is 0.408 e. The fraction of sp³-hybridized carbons (Fsp3) is 0.167. The van der Waals surface area contributed by atoms with Crippen LogP contribution in [0.2, 0.25) is 0 Å². The van der Waals surface area contributed by atoms with E-state index in [0.29, 0.717) is 5.56 Å². The zero-order chi connectivity index (χ0) is 21.3. The van der Waals surface area contributed by atoms with Crippen LogP contribution < -0.4 is 5.32 Å². The number of nitrogens with one attached hydrogen (secondary N) is 1. The number of amides is 1. The van der Waals surface area contributed by atoms with E-state index < -0.39 is 23.9 Å². The summed E-state index contributed by atoms with van der Waals surface area (Å²) < 4.78 is 19.5. The van der Waals surface area contributed by atoms with Gasteiger partial charge in [-0.2, -0.15) is 0 Å². The second-order valence-corrected chi connectivity index (χ2v) is 7.27. The number of halogens is 1. The summed E-state index contributed by atoms with van der Waals surface area (Å²) in [5, 5.41) is 11.8. The third-order valence-electron chi connectivity index (χ3n) is 5.32. The number of aliphatic carboxylic acids is 1. The van der Waals surface area contributed by atoms with Crippen LogP contribution >= 0.6 is 0 Å². The largest absolute Gasteiger partial charge is 0.479 e. The van der Waals surface area contributed by atoms with E-state index in [1.54, 1.807) is 6.92 Å². The molecule has 1 unspecified atom stereocenters. The van der Waals surface area contributed by atoms with Crippen molar-refractivity contribution in [2.45, 2.75) is 18.9 Å². The molecule has 3 aromatic rings. The van der Waals surface area contributed by atoms with Crippen LogP contribution in [-0.4, -0.2) is 23.8 Å². The predicted molar refractivity (Wildman–Crippen MR) is 110 cm³/mol. The second kappa shape index (κ2) is 7.99. The first-order valence-corrected chi connectivity index (χ1v) is 9.56. The minimum Gasteiger partial charge on any atom is -0.479 e. The van der Waals surface area contributed by atoms with Crippen LogP contribution in [0.4, 0.5) is 9.18 Å². The summed E-state index contributed by atoms with van der Waals surface area (Å²) in [5.74, 6) is -2.22. The van der Waals surface area contributed by atoms with Crippen LogP contribution in [0.25, 0.3) is 11.1 Å². The van der Waals surface area contributed by atoms with E-state index in [0.717, 1.165) is 22.3 Å². The number of carbonyl (C=O) groups is 2. The summed E-state index contributed by atoms with van der Waals surface area (Å²) in [4.78, 5) is 24.0. The highest BCUT2D eigenvalue weighted by Gasteiger charge is 2.30. The van der Waals surface area contributed by atoms with E-state index in [-0.39, 0.29) is 18.1 Å². The lowest BCUT2D eigenvalue weighted by atomic mass is 9.98. The molecule has 1 aliphatic rings. The number of hydrogen-bond acceptors (Lipinski definition) is 3. The normalized spacial score (nSPS) is 13.3. The molecule has 0 bridgehead atoms. The summed E-state index contributed by atoms with van der Waals surface area (Å²) in [7, 11) is 0. The number of carboxylic acids is 1. The summed E-state index contributed by atoms with van der Waals surface area (Å²) >= 11 is 0. The maximum Gasteiger partial charge on any atom is 0.408 e. The molecule has 0 radical (unpaired) electrons. The maximum atomic E-state index is 14.1. The molecule has 0 fully saturated rings. The van der Waals surface area contributed by atoms with Crippen LogP contribution in [-0.2, 0) is 9.53 Å². The van der Waals surface area contributed by atoms with E-state index in [1.165, 1.54) is 18.2 Å². The molecule has 1 aliphatic carbocycles. The molecule has 0 heterocycles. The van der Waals surface area contributed by atoms with Crippen molar-refractivity contribution < 1.29 is 23.8 Å². The van der Waals surface area contributed by atoms with E-state index in [2.05, 4.69) is 5.32 Å². The van der Waals surface area contributed by atoms with Gasteiger partial charge in [-0.15, -0.1) is 0 Å². The Labute approximate surface area is 173 Å². The minimum absolute atomic E-state index is 0.0441. The van der Waals surface area contributed by atoms with Crippen molar-refractivity contribution >= 4 is 12.1 Å². The van der Waals surface area contributed by atoms with Crippen molar-refractivity contribution in [3.8, 4) is 11.1 Å². The van der Waals surface area contributed by atoms with Gasteiger partial charge >= 0.3 is 12.1 Å². The van der Waals surface area contributed by atoms with E-state index in [4.69, 9.17) is 4.74 Å². The molecule has 30 heavy (non-hydrogen) atoms. The fourth-order valence-electron chi connectivity index (χ4n) is 3.91. The Hall–Kier alpha value is -3.67. The van der Waals surface area contributed by atoms with Gasteiger partial charge in [0.25, 0.3) is 0 Å². The summed E-state index contributed by atoms with van der Waals surface area (Å²) in [5.41, 5.74) is 4.85. The predicted octanol–water partition coefficient (Wildman–Crippen LogP) is 4.80. The monoisotopic (exact) mass is 405 g/mol. The van der Waals surface area contributed by atoms with Crippen LogP contribution in [0.5, 0.6) is 0 Å². The Balaban J connectivity index is 1.51. The summed E-state index contributed by atoms with van der Waals surface area (Å²) in [6.45, 7) is 1.76. The standard InChI is InChI=1S/C24H20FNO4/c1-14-10-11-21(25)19(12-14)22(23(27)28)26-24(29)30-13-20-17-8-4-2-6-15(17)16-7-3-5-9-18(16)20/h2-12,20,22H,13H2,1H3,(H,26,29)(H,27,28). The van der Waals surface area contributed by atoms with Crippen molar-refractivity contribution in [3.05, 3.63) is 94.8 Å². The molecule has 1 amide bonds. The lowest BCUT2D eigenvalue weighted by molar-refractivity contribution is -0.139. The molecule has 6 heteroatoms. The average Bonchev–Trinajstić information content (AvgIpc) is 3.06. The van der Waals surface area contributed by atoms with Gasteiger partial charge in [-0.1, -0.05) is 66.2 Å². The van der Waals surface area contributed by atoms with Gasteiger partial charge in [-0.05, 0) is 35.2 Å². The van der Waals surface area contributed by atoms with Gasteiger partial charge in [0.1, 0.15) is 12.4 Å². The van der Waals surface area contributed by atoms with Gasteiger partial charge in [0.05, 0.1) is 0 Å². The van der Waals surface area contributed by atoms with E-state index >= 15 is 0 Å². The molecule has 1 atom stereocenters. The fourth-order valence-corrected chi connectivity index (χ4v) is 3.91. The van der Waals surface area contributed by atoms with Gasteiger partial charge in [-0.3, -0.25) is 0 Å². The van der Waals surface area contributed by atoms with Crippen LogP contribution in [0, 0.1) is 12.7 Å². The number of fused-ring (bicyclic) bond motifs is 3. The number of hydrogen-bond donors (Lipinski definition) is 2. The Bertz CT molecular complexity index is 1080. The quantitative estimate of drug-likeness (QED) is 0.639. The van der Waals surface area contributed by atoms with Gasteiger partial charge in [0, 0.05) is 11.5 Å². The van der Waals surface area contributed by atoms with Gasteiger partial charge in [0.15, 0.2) is 6.04 Å². The Morgan fingerprint density at radius 3 is 2.23 bits per heavy atom. The lowest BCUT2D eigenvalue weighted by Gasteiger charge is -2.18. The first kappa shape index (κ1) is 19.6. The van der Waals surface area contributed by atoms with Gasteiger partial charge in [-0.25, -0.2) is 14.0 Å². The van der Waals surface area contributed by atoms with Crippen molar-refractivity contribution in [1.82, 2.24) is 5.32 Å². The Morgan fingerprint density at radius 2 is 1.63 bits per heavy atom. The lowest BCUT2D eigenvalue weighted by Crippen LogP contribution is -2.35. The first-order valence-electron chi connectivity index (χ1n) is 9.56. The average molecular weight is 405 g/mol. The molecule has 3 aromatic carbocycles. The topological polar surface area (TPSA) is 75.6 Å². The molecule has 0 saturated carbocycles. The third kappa shape index (κ3) is 3.64. The summed E-state index contributed by atoms with van der Waals surface area (Å²) in [6.07, 6.45) is -0.912. The number of ether oxygens (including phenoxy) is 1. The zero-order valence-corrected chi connectivity index (χ0v) is 16.3. The van der Waals surface area contributed by atoms with Crippen molar-refractivity contribution in [2.75, 3.05) is 6.61 Å². The summed E-state index contributed by atoms with van der Waals surface area (Å²) in [6, 6.07) is 18.4. The highest BCUT2D eigenvalue weighted by molar-refractivity contribution is 5.82. The number of benzene rings is 3. The molecule has 0 aliphatic heterocycles. The van der Waals surface area contributed by atoms with Gasteiger partial charge in [0.2, 0.25) is 0 Å². The highest BCUT2D eigenvalue weighted by Crippen LogP contribution is 2.44. The number of carboxylic acid groups (broad SMARTS) is 1. The minimum atomic E-state index is -1.54. The molecule has 4 rings (SSSR count). The maximum absolute atomic E-state index is 14.1. The van der Waals surface area contributed by atoms with E-state index in [9.17, 15) is 19.1 Å². The Kier molecular flexibility index (Phi) is 5.23. The number of alkyl carbamates (subject to hydrolysis) is 1. The van der Waals surface area contributed by atoms with E-state index in [1.807, 2.05) is 48.5 Å². The van der Waals surface area contributed by atoms with Crippen molar-refractivity contribution in [1.29, 1.82) is 0 Å². The molecule has 152 valence electrons. The third-order valence-corrected chi connectivity index (χ3v) is 5.32. The molecular formula is C24H20FNO4. The van der Waals surface area contributed by atoms with Crippen LogP contribution in [0.3, 0.4) is 0 Å². The highest BCUT2D eigenvalue weighted by atomic mass is 19.1. The van der Waals surface area contributed by atoms with Crippen molar-refractivity contribution in [3.63, 3.8) is 0 Å². The molecule has 2 N–H and O–H groups in total. The van der Waals surface area contributed by atoms with Crippen LogP contribution in [0.1, 0.15) is 34.2 Å². The molecular weight excluding hydrogens is 385 g/mol.